The van der Waals surface area contributed by atoms with Crippen LogP contribution in [-0.2, 0) is 4.79 Å². The van der Waals surface area contributed by atoms with Crippen LogP contribution >= 0.6 is 7.26 Å². The fraction of sp³-hybridized carbons (Fsp3) is 0.895. The molecule has 0 fully saturated rings. The Morgan fingerprint density at radius 2 is 1.39 bits per heavy atom. The Hall–Kier alpha value is -0.610. The molecule has 134 valence electrons. The average Bonchev–Trinajstić information content (AvgIpc) is 2.47. The van der Waals surface area contributed by atoms with Gasteiger partial charge in [-0.3, -0.25) is 4.79 Å². The maximum absolute atomic E-state index is 10.4. The molecule has 1 N–H and O–H groups in total. The highest BCUT2D eigenvalue weighted by Gasteiger charge is 2.42. The summed E-state index contributed by atoms with van der Waals surface area (Å²) in [4.78, 5) is 10.4. The zero-order valence-corrected chi connectivity index (χ0v) is 16.6. The number of nitrogens with zero attached hydrogens (tertiary/aromatic N) is 1. The minimum absolute atomic E-state index is 0.314. The third-order valence-electron chi connectivity index (χ3n) is 5.16. The van der Waals surface area contributed by atoms with Crippen LogP contribution in [0.1, 0.15) is 85.5 Å². The first-order valence-corrected chi connectivity index (χ1v) is 11.6. The quantitative estimate of drug-likeness (QED) is 0.314. The molecule has 0 atom stereocenters. The zero-order valence-electron chi connectivity index (χ0n) is 15.7. The molecular formula is C19H37NO2P+. The predicted octanol–water partition coefficient (Wildman–Crippen LogP) is 5.94. The lowest BCUT2D eigenvalue weighted by Gasteiger charge is -2.34. The minimum Gasteiger partial charge on any atom is -0.481 e. The third-order valence-corrected chi connectivity index (χ3v) is 11.5. The molecule has 0 aromatic rings. The Kier molecular flexibility index (Phi) is 12.4. The Bertz CT molecular complexity index is 353. The van der Waals surface area contributed by atoms with Crippen LogP contribution in [0.25, 0.3) is 0 Å². The Labute approximate surface area is 144 Å². The smallest absolute Gasteiger partial charge is 0.303 e. The van der Waals surface area contributed by atoms with Gasteiger partial charge in [0.1, 0.15) is 0 Å². The summed E-state index contributed by atoms with van der Waals surface area (Å²) in [5.41, 5.74) is 1.46. The van der Waals surface area contributed by atoms with Crippen LogP contribution in [0.5, 0.6) is 0 Å². The van der Waals surface area contributed by atoms with Gasteiger partial charge >= 0.3 is 5.97 Å². The van der Waals surface area contributed by atoms with Crippen LogP contribution < -0.4 is 0 Å². The van der Waals surface area contributed by atoms with E-state index in [0.717, 1.165) is 36.7 Å². The van der Waals surface area contributed by atoms with E-state index in [4.69, 9.17) is 10.4 Å². The van der Waals surface area contributed by atoms with Crippen molar-refractivity contribution < 1.29 is 9.90 Å². The summed E-state index contributed by atoms with van der Waals surface area (Å²) < 4.78 is 0. The third kappa shape index (κ3) is 9.31. The zero-order chi connectivity index (χ0) is 17.7. The first-order valence-electron chi connectivity index (χ1n) is 9.32. The number of hydrogen-bond donors (Lipinski definition) is 1. The lowest BCUT2D eigenvalue weighted by Crippen LogP contribution is -2.22. The van der Waals surface area contributed by atoms with E-state index < -0.39 is 13.2 Å². The number of carboxylic acids is 1. The number of aliphatic carboxylic acids is 1. The Morgan fingerprint density at radius 1 is 0.913 bits per heavy atom. The molecule has 0 bridgehead atoms. The molecular weight excluding hydrogens is 305 g/mol. The second kappa shape index (κ2) is 12.8. The number of hydrogen-bond acceptors (Lipinski definition) is 2. The van der Waals surface area contributed by atoms with Gasteiger partial charge in [-0.2, -0.15) is 5.26 Å². The van der Waals surface area contributed by atoms with Gasteiger partial charge in [-0.05, 0) is 47.0 Å². The van der Waals surface area contributed by atoms with Crippen molar-refractivity contribution in [3.05, 3.63) is 0 Å². The summed E-state index contributed by atoms with van der Waals surface area (Å²) in [5.74, 6) is -0.676. The lowest BCUT2D eigenvalue weighted by atomic mass is 10.1. The van der Waals surface area contributed by atoms with E-state index in [-0.39, 0.29) is 0 Å². The largest absolute Gasteiger partial charge is 0.481 e. The maximum atomic E-state index is 10.4. The number of rotatable bonds is 14. The fourth-order valence-corrected chi connectivity index (χ4v) is 8.38. The normalized spacial score (nSPS) is 11.9. The van der Waals surface area contributed by atoms with E-state index in [1.165, 1.54) is 31.8 Å². The molecule has 0 amide bonds. The highest BCUT2D eigenvalue weighted by molar-refractivity contribution is 7.77. The standard InChI is InChI=1S/C19H36NO2P/c1-17(2)23(18(3)4,16-12-14-20)15-11-9-7-5-6-8-10-13-19(21)22/h17-18H,5-13,15-16H2,1-4H3/p+1. The lowest BCUT2D eigenvalue weighted by molar-refractivity contribution is -0.137. The second-order valence-electron chi connectivity index (χ2n) is 7.26. The first kappa shape index (κ1) is 22.4. The van der Waals surface area contributed by atoms with Crippen LogP contribution in [0.15, 0.2) is 0 Å². The molecule has 0 rings (SSSR count). The first-order chi connectivity index (χ1) is 10.9. The van der Waals surface area contributed by atoms with E-state index in [1.807, 2.05) is 0 Å². The summed E-state index contributed by atoms with van der Waals surface area (Å²) in [6.45, 7) is 9.42. The summed E-state index contributed by atoms with van der Waals surface area (Å²) in [6.07, 6.45) is 11.6. The van der Waals surface area contributed by atoms with Gasteiger partial charge in [-0.1, -0.05) is 25.7 Å². The van der Waals surface area contributed by atoms with E-state index in [2.05, 4.69) is 33.8 Å². The van der Waals surface area contributed by atoms with E-state index in [0.29, 0.717) is 12.8 Å². The summed E-state index contributed by atoms with van der Waals surface area (Å²) in [6, 6.07) is 2.36. The second-order valence-corrected chi connectivity index (χ2v) is 12.4. The van der Waals surface area contributed by atoms with Gasteiger partial charge < -0.3 is 5.11 Å². The number of nitriles is 1. The monoisotopic (exact) mass is 342 g/mol. The van der Waals surface area contributed by atoms with Crippen molar-refractivity contribution in [2.45, 2.75) is 96.8 Å². The average molecular weight is 342 g/mol. The number of carboxylic acid groups (broad SMARTS) is 1. The van der Waals surface area contributed by atoms with Gasteiger partial charge in [0.05, 0.1) is 36.1 Å². The van der Waals surface area contributed by atoms with Crippen molar-refractivity contribution in [3.63, 3.8) is 0 Å². The van der Waals surface area contributed by atoms with Crippen LogP contribution in [-0.4, -0.2) is 34.7 Å². The van der Waals surface area contributed by atoms with Crippen LogP contribution in [0.2, 0.25) is 0 Å². The van der Waals surface area contributed by atoms with E-state index >= 15 is 0 Å². The van der Waals surface area contributed by atoms with Crippen molar-refractivity contribution in [2.24, 2.45) is 0 Å². The fourth-order valence-electron chi connectivity index (χ4n) is 3.57. The SMILES string of the molecule is CC(C)[P+](CCC#N)(CCCCCCCCCC(=O)O)C(C)C. The molecule has 0 spiro atoms. The summed E-state index contributed by atoms with van der Waals surface area (Å²) >= 11 is 0. The summed E-state index contributed by atoms with van der Waals surface area (Å²) in [7, 11) is -1.02. The molecule has 23 heavy (non-hydrogen) atoms. The molecule has 0 saturated carbocycles. The van der Waals surface area contributed by atoms with Crippen molar-refractivity contribution in [2.75, 3.05) is 12.3 Å². The van der Waals surface area contributed by atoms with Crippen molar-refractivity contribution in [1.29, 1.82) is 5.26 Å². The topological polar surface area (TPSA) is 61.1 Å². The molecule has 0 aliphatic carbocycles. The van der Waals surface area contributed by atoms with Gasteiger partial charge in [-0.15, -0.1) is 0 Å². The molecule has 0 saturated heterocycles. The molecule has 0 aromatic carbocycles. The van der Waals surface area contributed by atoms with Crippen LogP contribution in [0.4, 0.5) is 0 Å². The molecule has 0 heterocycles. The van der Waals surface area contributed by atoms with Gasteiger partial charge in [0.2, 0.25) is 0 Å². The Balaban J connectivity index is 4.00. The van der Waals surface area contributed by atoms with Gasteiger partial charge in [0.15, 0.2) is 0 Å². The number of carbonyl (C=O) groups is 1. The van der Waals surface area contributed by atoms with Gasteiger partial charge in [-0.25, -0.2) is 0 Å². The molecule has 0 aliphatic heterocycles. The van der Waals surface area contributed by atoms with Gasteiger partial charge in [0.25, 0.3) is 0 Å². The van der Waals surface area contributed by atoms with E-state index in [9.17, 15) is 4.79 Å². The van der Waals surface area contributed by atoms with Crippen molar-refractivity contribution >= 4 is 13.2 Å². The van der Waals surface area contributed by atoms with Crippen LogP contribution in [0.3, 0.4) is 0 Å². The number of unbranched alkanes of at least 4 members (excludes halogenated alkanes) is 6. The molecule has 0 unspecified atom stereocenters. The van der Waals surface area contributed by atoms with E-state index in [1.54, 1.807) is 0 Å². The molecule has 0 aliphatic rings. The highest BCUT2D eigenvalue weighted by atomic mass is 31.2. The molecule has 3 nitrogen and oxygen atoms in total. The van der Waals surface area contributed by atoms with Crippen molar-refractivity contribution in [3.8, 4) is 6.07 Å². The molecule has 0 aromatic heterocycles. The molecule has 0 radical (unpaired) electrons. The summed E-state index contributed by atoms with van der Waals surface area (Å²) in [5, 5.41) is 17.6. The highest BCUT2D eigenvalue weighted by Crippen LogP contribution is 2.67. The minimum atomic E-state index is -1.02. The maximum Gasteiger partial charge on any atom is 0.303 e. The van der Waals surface area contributed by atoms with Crippen molar-refractivity contribution in [1.82, 2.24) is 0 Å². The predicted molar refractivity (Wildman–Crippen MR) is 102 cm³/mol. The van der Waals surface area contributed by atoms with Gasteiger partial charge in [0, 0.05) is 13.7 Å². The molecule has 4 heteroatoms. The Morgan fingerprint density at radius 3 is 1.83 bits per heavy atom. The van der Waals surface area contributed by atoms with Crippen LogP contribution in [0, 0.1) is 11.3 Å².